The molecule has 0 unspecified atom stereocenters. The third-order valence-electron chi connectivity index (χ3n) is 3.63. The molecule has 0 radical (unpaired) electrons. The number of amides is 1. The number of carbonyl (C=O) groups is 1. The Balaban J connectivity index is 2.25. The SMILES string of the molecule is CCOc1cc(C(=O)Nc2ccc(NC(C)C)nc2)cc(OCC)c1OCC. The van der Waals surface area contributed by atoms with E-state index in [4.69, 9.17) is 14.2 Å². The first-order valence-corrected chi connectivity index (χ1v) is 9.58. The lowest BCUT2D eigenvalue weighted by molar-refractivity contribution is 0.102. The summed E-state index contributed by atoms with van der Waals surface area (Å²) in [5, 5.41) is 6.06. The van der Waals surface area contributed by atoms with Crippen molar-refractivity contribution in [3.05, 3.63) is 36.0 Å². The van der Waals surface area contributed by atoms with Crippen LogP contribution in [0.2, 0.25) is 0 Å². The maximum atomic E-state index is 12.8. The lowest BCUT2D eigenvalue weighted by Gasteiger charge is -2.17. The van der Waals surface area contributed by atoms with Crippen LogP contribution < -0.4 is 24.8 Å². The van der Waals surface area contributed by atoms with E-state index in [0.717, 1.165) is 5.82 Å². The Kier molecular flexibility index (Phi) is 7.92. The first kappa shape index (κ1) is 21.3. The molecule has 0 aliphatic heterocycles. The van der Waals surface area contributed by atoms with Crippen molar-refractivity contribution in [3.8, 4) is 17.2 Å². The molecule has 0 fully saturated rings. The van der Waals surface area contributed by atoms with E-state index in [1.807, 2.05) is 40.7 Å². The fraction of sp³-hybridized carbons (Fsp3) is 0.429. The monoisotopic (exact) mass is 387 g/mol. The fourth-order valence-corrected chi connectivity index (χ4v) is 2.57. The molecule has 1 aromatic carbocycles. The predicted octanol–water partition coefficient (Wildman–Crippen LogP) is 4.35. The number of benzene rings is 1. The highest BCUT2D eigenvalue weighted by Crippen LogP contribution is 2.39. The smallest absolute Gasteiger partial charge is 0.255 e. The zero-order chi connectivity index (χ0) is 20.5. The summed E-state index contributed by atoms with van der Waals surface area (Å²) >= 11 is 0. The second kappa shape index (κ2) is 10.4. The van der Waals surface area contributed by atoms with Crippen molar-refractivity contribution in [1.29, 1.82) is 0 Å². The zero-order valence-electron chi connectivity index (χ0n) is 17.2. The number of carbonyl (C=O) groups excluding carboxylic acids is 1. The molecule has 152 valence electrons. The first-order valence-electron chi connectivity index (χ1n) is 9.58. The Morgan fingerprint density at radius 2 is 1.61 bits per heavy atom. The molecule has 1 heterocycles. The Morgan fingerprint density at radius 3 is 2.07 bits per heavy atom. The maximum absolute atomic E-state index is 12.8. The van der Waals surface area contributed by atoms with Gasteiger partial charge in [0.25, 0.3) is 5.91 Å². The first-order chi connectivity index (χ1) is 13.5. The fourth-order valence-electron chi connectivity index (χ4n) is 2.57. The maximum Gasteiger partial charge on any atom is 0.255 e. The van der Waals surface area contributed by atoms with Gasteiger partial charge in [-0.2, -0.15) is 0 Å². The molecule has 2 N–H and O–H groups in total. The van der Waals surface area contributed by atoms with E-state index in [9.17, 15) is 4.79 Å². The van der Waals surface area contributed by atoms with Crippen molar-refractivity contribution >= 4 is 17.4 Å². The Morgan fingerprint density at radius 1 is 1.00 bits per heavy atom. The van der Waals surface area contributed by atoms with Gasteiger partial charge in [-0.05, 0) is 58.9 Å². The third-order valence-corrected chi connectivity index (χ3v) is 3.63. The van der Waals surface area contributed by atoms with Crippen LogP contribution in [-0.2, 0) is 0 Å². The van der Waals surface area contributed by atoms with Gasteiger partial charge in [-0.25, -0.2) is 4.98 Å². The van der Waals surface area contributed by atoms with Crippen LogP contribution in [-0.4, -0.2) is 36.8 Å². The van der Waals surface area contributed by atoms with Gasteiger partial charge in [-0.15, -0.1) is 0 Å². The number of pyridine rings is 1. The molecule has 0 aliphatic carbocycles. The number of aromatic nitrogens is 1. The Hall–Kier alpha value is -2.96. The van der Waals surface area contributed by atoms with Gasteiger partial charge in [0.05, 0.1) is 31.7 Å². The van der Waals surface area contributed by atoms with Crippen LogP contribution in [0.1, 0.15) is 45.0 Å². The molecule has 0 saturated carbocycles. The summed E-state index contributed by atoms with van der Waals surface area (Å²) in [5.74, 6) is 1.95. The van der Waals surface area contributed by atoms with E-state index in [0.29, 0.717) is 48.3 Å². The summed E-state index contributed by atoms with van der Waals surface area (Å²) < 4.78 is 17.0. The Labute approximate surface area is 166 Å². The van der Waals surface area contributed by atoms with Gasteiger partial charge in [-0.3, -0.25) is 4.79 Å². The lowest BCUT2D eigenvalue weighted by Crippen LogP contribution is -2.14. The van der Waals surface area contributed by atoms with Gasteiger partial charge in [0, 0.05) is 11.6 Å². The molecule has 2 aromatic rings. The van der Waals surface area contributed by atoms with Crippen molar-refractivity contribution in [1.82, 2.24) is 4.98 Å². The van der Waals surface area contributed by atoms with E-state index in [-0.39, 0.29) is 11.9 Å². The highest BCUT2D eigenvalue weighted by atomic mass is 16.5. The summed E-state index contributed by atoms with van der Waals surface area (Å²) in [7, 11) is 0. The average molecular weight is 387 g/mol. The number of hydrogen-bond acceptors (Lipinski definition) is 6. The summed E-state index contributed by atoms with van der Waals surface area (Å²) in [6.07, 6.45) is 1.62. The number of ether oxygens (including phenoxy) is 3. The van der Waals surface area contributed by atoms with Crippen LogP contribution in [0.5, 0.6) is 17.2 Å². The van der Waals surface area contributed by atoms with E-state index >= 15 is 0 Å². The van der Waals surface area contributed by atoms with Crippen molar-refractivity contribution < 1.29 is 19.0 Å². The summed E-state index contributed by atoms with van der Waals surface area (Å²) in [5.41, 5.74) is 1.02. The van der Waals surface area contributed by atoms with Gasteiger partial charge in [0.2, 0.25) is 5.75 Å². The molecule has 7 nitrogen and oxygen atoms in total. The van der Waals surface area contributed by atoms with Crippen LogP contribution in [0.25, 0.3) is 0 Å². The van der Waals surface area contributed by atoms with Gasteiger partial charge < -0.3 is 24.8 Å². The molecule has 2 rings (SSSR count). The molecule has 0 atom stereocenters. The van der Waals surface area contributed by atoms with Crippen molar-refractivity contribution in [3.63, 3.8) is 0 Å². The summed E-state index contributed by atoms with van der Waals surface area (Å²) in [6, 6.07) is 7.23. The van der Waals surface area contributed by atoms with E-state index in [1.165, 1.54) is 0 Å². The Bertz CT molecular complexity index is 749. The normalized spacial score (nSPS) is 10.5. The van der Waals surface area contributed by atoms with Crippen LogP contribution in [0.4, 0.5) is 11.5 Å². The average Bonchev–Trinajstić information content (AvgIpc) is 2.65. The molecular weight excluding hydrogens is 358 g/mol. The third kappa shape index (κ3) is 5.77. The molecule has 1 amide bonds. The van der Waals surface area contributed by atoms with E-state index in [1.54, 1.807) is 24.4 Å². The number of anilines is 2. The highest BCUT2D eigenvalue weighted by Gasteiger charge is 2.18. The van der Waals surface area contributed by atoms with Crippen LogP contribution in [0, 0.1) is 0 Å². The molecule has 0 aliphatic rings. The molecule has 28 heavy (non-hydrogen) atoms. The minimum Gasteiger partial charge on any atom is -0.490 e. The van der Waals surface area contributed by atoms with Crippen LogP contribution >= 0.6 is 0 Å². The molecule has 7 heteroatoms. The molecular formula is C21H29N3O4. The number of nitrogens with zero attached hydrogens (tertiary/aromatic N) is 1. The number of nitrogens with one attached hydrogen (secondary N) is 2. The van der Waals surface area contributed by atoms with Gasteiger partial charge in [-0.1, -0.05) is 0 Å². The van der Waals surface area contributed by atoms with Crippen LogP contribution in [0.3, 0.4) is 0 Å². The topological polar surface area (TPSA) is 81.7 Å². The number of hydrogen-bond donors (Lipinski definition) is 2. The van der Waals surface area contributed by atoms with E-state index < -0.39 is 0 Å². The summed E-state index contributed by atoms with van der Waals surface area (Å²) in [4.78, 5) is 17.1. The summed E-state index contributed by atoms with van der Waals surface area (Å²) in [6.45, 7) is 11.1. The lowest BCUT2D eigenvalue weighted by atomic mass is 10.1. The minimum atomic E-state index is -0.281. The van der Waals surface area contributed by atoms with E-state index in [2.05, 4.69) is 15.6 Å². The minimum absolute atomic E-state index is 0.281. The van der Waals surface area contributed by atoms with Crippen molar-refractivity contribution in [2.45, 2.75) is 40.7 Å². The molecule has 0 saturated heterocycles. The second-order valence-corrected chi connectivity index (χ2v) is 6.29. The number of rotatable bonds is 10. The van der Waals surface area contributed by atoms with Gasteiger partial charge in [0.1, 0.15) is 5.82 Å². The van der Waals surface area contributed by atoms with Crippen LogP contribution in [0.15, 0.2) is 30.5 Å². The van der Waals surface area contributed by atoms with Crippen molar-refractivity contribution in [2.75, 3.05) is 30.5 Å². The predicted molar refractivity (Wildman–Crippen MR) is 111 cm³/mol. The van der Waals surface area contributed by atoms with Gasteiger partial charge >= 0.3 is 0 Å². The molecule has 0 bridgehead atoms. The van der Waals surface area contributed by atoms with Crippen molar-refractivity contribution in [2.24, 2.45) is 0 Å². The molecule has 0 spiro atoms. The largest absolute Gasteiger partial charge is 0.490 e. The van der Waals surface area contributed by atoms with Gasteiger partial charge in [0.15, 0.2) is 11.5 Å². The standard InChI is InChI=1S/C21H29N3O4/c1-6-26-17-11-15(12-18(27-7-2)20(17)28-8-3)21(25)24-16-9-10-19(22-13-16)23-14(4)5/h9-14H,6-8H2,1-5H3,(H,22,23)(H,24,25). The quantitative estimate of drug-likeness (QED) is 0.631. The molecule has 1 aromatic heterocycles. The zero-order valence-corrected chi connectivity index (χ0v) is 17.2. The second-order valence-electron chi connectivity index (χ2n) is 6.29. The highest BCUT2D eigenvalue weighted by molar-refractivity contribution is 6.05.